The smallest absolute Gasteiger partial charge is 0.302 e. The molecule has 0 N–H and O–H groups in total. The Bertz CT molecular complexity index is 441. The van der Waals surface area contributed by atoms with Gasteiger partial charge in [0.25, 0.3) is 0 Å². The first-order chi connectivity index (χ1) is 10.2. The van der Waals surface area contributed by atoms with E-state index < -0.39 is 57.3 Å². The molecule has 0 aliphatic carbocycles. The standard InChI is InChI=1S/C9H8F13OSi/c1-24(23)3-2-4(10,11)5(12,13)6(14,15)7(16,17)8(18,19)9(20,21)22/h24H,2-3H2,1H3. The summed E-state index contributed by atoms with van der Waals surface area (Å²) in [6, 6.07) is -1.32. The summed E-state index contributed by atoms with van der Waals surface area (Å²) in [5.74, 6) is -36.8. The Labute approximate surface area is 127 Å². The van der Waals surface area contributed by atoms with Gasteiger partial charge in [-0.2, -0.15) is 57.1 Å². The van der Waals surface area contributed by atoms with Gasteiger partial charge in [-0.05, 0) is 12.6 Å². The van der Waals surface area contributed by atoms with Crippen molar-refractivity contribution in [3.8, 4) is 0 Å². The van der Waals surface area contributed by atoms with Crippen molar-refractivity contribution in [2.75, 3.05) is 0 Å². The summed E-state index contributed by atoms with van der Waals surface area (Å²) in [5, 5.41) is 0. The molecule has 0 aliphatic rings. The van der Waals surface area contributed by atoms with E-state index >= 15 is 0 Å². The number of hydrogen-bond donors (Lipinski definition) is 0. The molecule has 0 fully saturated rings. The van der Waals surface area contributed by atoms with Crippen LogP contribution in [0.15, 0.2) is 0 Å². The molecular weight excluding hydrogens is 399 g/mol. The molecule has 0 heterocycles. The third-order valence-corrected chi connectivity index (χ3v) is 3.96. The second-order valence-corrected chi connectivity index (χ2v) is 7.05. The molecule has 1 atom stereocenters. The van der Waals surface area contributed by atoms with E-state index in [0.29, 0.717) is 0 Å². The predicted octanol–water partition coefficient (Wildman–Crippen LogP) is 4.90. The van der Waals surface area contributed by atoms with Crippen LogP contribution in [0.5, 0.6) is 0 Å². The van der Waals surface area contributed by atoms with Gasteiger partial charge in [0.05, 0.1) is 0 Å². The minimum atomic E-state index is -7.88. The monoisotopic (exact) mass is 407 g/mol. The molecule has 24 heavy (non-hydrogen) atoms. The molecule has 0 aliphatic heterocycles. The highest BCUT2D eigenvalue weighted by Gasteiger charge is 2.90. The van der Waals surface area contributed by atoms with Crippen molar-refractivity contribution in [1.82, 2.24) is 0 Å². The van der Waals surface area contributed by atoms with E-state index in [9.17, 15) is 61.9 Å². The maximum atomic E-state index is 13.1. The van der Waals surface area contributed by atoms with Crippen LogP contribution < -0.4 is 0 Å². The first-order valence-corrected chi connectivity index (χ1v) is 8.22. The van der Waals surface area contributed by atoms with Crippen LogP contribution in [0.1, 0.15) is 6.42 Å². The van der Waals surface area contributed by atoms with Crippen molar-refractivity contribution >= 4 is 9.04 Å². The van der Waals surface area contributed by atoms with E-state index in [2.05, 4.69) is 0 Å². The largest absolute Gasteiger partial charge is 0.460 e. The molecule has 0 rings (SSSR count). The molecule has 0 aromatic heterocycles. The first kappa shape index (κ1) is 23.3. The van der Waals surface area contributed by atoms with Gasteiger partial charge in [-0.25, -0.2) is 0 Å². The van der Waals surface area contributed by atoms with Crippen molar-refractivity contribution in [2.45, 2.75) is 54.8 Å². The summed E-state index contributed by atoms with van der Waals surface area (Å²) in [5.41, 5.74) is 0. The highest BCUT2D eigenvalue weighted by Crippen LogP contribution is 2.60. The molecule has 1 nitrogen and oxygen atoms in total. The van der Waals surface area contributed by atoms with Crippen LogP contribution in [0.2, 0.25) is 12.6 Å². The van der Waals surface area contributed by atoms with Gasteiger partial charge in [0.1, 0.15) is 0 Å². The molecule has 1 radical (unpaired) electrons. The second kappa shape index (κ2) is 6.21. The van der Waals surface area contributed by atoms with Gasteiger partial charge in [0.2, 0.25) is 9.04 Å². The Morgan fingerprint density at radius 3 is 1.25 bits per heavy atom. The highest BCUT2D eigenvalue weighted by molar-refractivity contribution is 6.48. The lowest BCUT2D eigenvalue weighted by Gasteiger charge is -2.39. The Hall–Kier alpha value is -0.733. The van der Waals surface area contributed by atoms with Gasteiger partial charge in [-0.1, -0.05) is 0 Å². The normalized spacial score (nSPS) is 17.1. The van der Waals surface area contributed by atoms with Gasteiger partial charge >= 0.3 is 35.8 Å². The third-order valence-electron chi connectivity index (χ3n) is 2.86. The topological polar surface area (TPSA) is 19.9 Å². The van der Waals surface area contributed by atoms with Crippen molar-refractivity contribution in [1.29, 1.82) is 0 Å². The number of rotatable bonds is 7. The minimum absolute atomic E-state index is 0.749. The van der Waals surface area contributed by atoms with Crippen LogP contribution in [-0.2, 0) is 4.80 Å². The van der Waals surface area contributed by atoms with Gasteiger partial charge < -0.3 is 4.80 Å². The zero-order valence-electron chi connectivity index (χ0n) is 11.3. The van der Waals surface area contributed by atoms with E-state index in [1.807, 2.05) is 0 Å². The van der Waals surface area contributed by atoms with Crippen molar-refractivity contribution in [3.05, 3.63) is 0 Å². The minimum Gasteiger partial charge on any atom is -0.302 e. The molecule has 145 valence electrons. The Balaban J connectivity index is 6.01. The SMILES string of the molecule is C[SiH]([O])CCC(F)(F)C(F)(F)C(F)(F)C(F)(F)C(F)(F)C(F)(F)F. The second-order valence-electron chi connectivity index (χ2n) is 4.85. The van der Waals surface area contributed by atoms with E-state index in [4.69, 9.17) is 0 Å². The average Bonchev–Trinajstić information content (AvgIpc) is 2.34. The zero-order valence-corrected chi connectivity index (χ0v) is 12.5. The van der Waals surface area contributed by atoms with Crippen molar-refractivity contribution < 1.29 is 61.9 Å². The average molecular weight is 407 g/mol. The van der Waals surface area contributed by atoms with Gasteiger partial charge in [0, 0.05) is 6.42 Å². The van der Waals surface area contributed by atoms with Crippen LogP contribution in [0.4, 0.5) is 57.1 Å². The first-order valence-electron chi connectivity index (χ1n) is 5.78. The molecule has 0 aromatic rings. The lowest BCUT2D eigenvalue weighted by molar-refractivity contribution is -0.439. The van der Waals surface area contributed by atoms with Crippen molar-refractivity contribution in [3.63, 3.8) is 0 Å². The van der Waals surface area contributed by atoms with Crippen LogP contribution in [0.25, 0.3) is 0 Å². The summed E-state index contributed by atoms with van der Waals surface area (Å²) >= 11 is 0. The van der Waals surface area contributed by atoms with Gasteiger partial charge in [-0.15, -0.1) is 0 Å². The molecule has 0 amide bonds. The van der Waals surface area contributed by atoms with Crippen LogP contribution in [-0.4, -0.2) is 44.8 Å². The maximum absolute atomic E-state index is 13.1. The van der Waals surface area contributed by atoms with Gasteiger partial charge in [-0.3, -0.25) is 0 Å². The zero-order chi connectivity index (χ0) is 20.0. The molecule has 0 bridgehead atoms. The summed E-state index contributed by atoms with van der Waals surface area (Å²) in [6.45, 7) is 0.749. The molecule has 0 saturated heterocycles. The molecule has 1 unspecified atom stereocenters. The molecule has 15 heteroatoms. The Morgan fingerprint density at radius 1 is 0.625 bits per heavy atom. The van der Waals surface area contributed by atoms with E-state index in [0.717, 1.165) is 6.55 Å². The maximum Gasteiger partial charge on any atom is 0.460 e. The lowest BCUT2D eigenvalue weighted by atomic mass is 9.93. The van der Waals surface area contributed by atoms with Gasteiger partial charge in [0.15, 0.2) is 0 Å². The fraction of sp³-hybridized carbons (Fsp3) is 1.00. The quantitative estimate of drug-likeness (QED) is 0.423. The van der Waals surface area contributed by atoms with Crippen LogP contribution >= 0.6 is 0 Å². The summed E-state index contributed by atoms with van der Waals surface area (Å²) in [6.07, 6.45) is -9.79. The lowest BCUT2D eigenvalue weighted by Crippen LogP contribution is -2.70. The van der Waals surface area contributed by atoms with E-state index in [-0.39, 0.29) is 0 Å². The predicted molar refractivity (Wildman–Crippen MR) is 53.9 cm³/mol. The number of alkyl halides is 13. The van der Waals surface area contributed by atoms with Crippen LogP contribution in [0, 0.1) is 0 Å². The summed E-state index contributed by atoms with van der Waals surface area (Å²) in [7, 11) is -3.32. The fourth-order valence-electron chi connectivity index (χ4n) is 1.34. The van der Waals surface area contributed by atoms with Crippen molar-refractivity contribution in [2.24, 2.45) is 0 Å². The Kier molecular flexibility index (Phi) is 6.02. The van der Waals surface area contributed by atoms with Crippen LogP contribution in [0.3, 0.4) is 0 Å². The molecule has 0 saturated carbocycles. The number of hydrogen-bond acceptors (Lipinski definition) is 0. The molecule has 0 aromatic carbocycles. The molecule has 0 spiro atoms. The highest BCUT2D eigenvalue weighted by atomic mass is 28.3. The van der Waals surface area contributed by atoms with E-state index in [1.165, 1.54) is 0 Å². The molecular formula is C9H8F13OSi. The summed E-state index contributed by atoms with van der Waals surface area (Å²) < 4.78 is 164. The third kappa shape index (κ3) is 3.46. The number of halogens is 13. The fourth-order valence-corrected chi connectivity index (χ4v) is 2.11. The summed E-state index contributed by atoms with van der Waals surface area (Å²) in [4.78, 5) is 10.6. The Morgan fingerprint density at radius 2 is 0.958 bits per heavy atom. The van der Waals surface area contributed by atoms with E-state index in [1.54, 1.807) is 0 Å².